The van der Waals surface area contributed by atoms with Gasteiger partial charge in [0.05, 0.1) is 38.5 Å². The maximum atomic E-state index is 15.3. The third-order valence-corrected chi connectivity index (χ3v) is 15.4. The van der Waals surface area contributed by atoms with E-state index in [1.54, 1.807) is 13.8 Å². The second-order valence-electron chi connectivity index (χ2n) is 20.2. The number of rotatable bonds is 26. The van der Waals surface area contributed by atoms with E-state index in [0.29, 0.717) is 27.5 Å². The van der Waals surface area contributed by atoms with Gasteiger partial charge in [-0.3, -0.25) is 19.2 Å². The lowest BCUT2D eigenvalue weighted by molar-refractivity contribution is -0.138. The second kappa shape index (κ2) is 32.7. The van der Waals surface area contributed by atoms with Crippen molar-refractivity contribution in [3.8, 4) is 22.3 Å². The highest BCUT2D eigenvalue weighted by atomic mass is 32.2. The van der Waals surface area contributed by atoms with E-state index in [2.05, 4.69) is 9.97 Å². The van der Waals surface area contributed by atoms with Gasteiger partial charge in [0, 0.05) is 90.8 Å². The van der Waals surface area contributed by atoms with Crippen LogP contribution in [0.2, 0.25) is 0 Å². The van der Waals surface area contributed by atoms with Crippen molar-refractivity contribution in [3.63, 3.8) is 0 Å². The molecule has 0 saturated heterocycles. The van der Waals surface area contributed by atoms with Crippen molar-refractivity contribution in [2.75, 3.05) is 52.2 Å². The van der Waals surface area contributed by atoms with Crippen LogP contribution in [0.3, 0.4) is 0 Å². The van der Waals surface area contributed by atoms with Crippen LogP contribution in [0.1, 0.15) is 142 Å². The van der Waals surface area contributed by atoms with Crippen molar-refractivity contribution >= 4 is 35.3 Å². The zero-order valence-electron chi connectivity index (χ0n) is 83.8. The zero-order chi connectivity index (χ0) is 97.3. The highest BCUT2D eigenvalue weighted by Crippen LogP contribution is 2.35. The van der Waals surface area contributed by atoms with Gasteiger partial charge in [0.1, 0.15) is 24.6 Å². The lowest BCUT2D eigenvalue weighted by atomic mass is 10.0. The molecule has 0 aliphatic heterocycles. The molecule has 2 aliphatic carbocycles. The first-order chi connectivity index (χ1) is 58.4. The van der Waals surface area contributed by atoms with Gasteiger partial charge < -0.3 is 28.7 Å². The van der Waals surface area contributed by atoms with Crippen LogP contribution in [-0.2, 0) is 85.0 Å². The summed E-state index contributed by atoms with van der Waals surface area (Å²) in [7, 11) is 0. The number of hydrogen-bond donors (Lipinski definition) is 0. The van der Waals surface area contributed by atoms with Crippen molar-refractivity contribution in [1.82, 2.24) is 38.7 Å². The van der Waals surface area contributed by atoms with E-state index in [-0.39, 0.29) is 101 Å². The molecule has 2 amide bonds. The summed E-state index contributed by atoms with van der Waals surface area (Å²) in [6.07, 6.45) is -16.6. The minimum Gasteiger partial charge on any atom is -0.336 e. The smallest absolute Gasteiger partial charge is 0.336 e. The van der Waals surface area contributed by atoms with Crippen molar-refractivity contribution in [2.45, 2.75) is 127 Å². The number of benzene rings is 6. The second-order valence-corrected chi connectivity index (χ2v) is 21.8. The van der Waals surface area contributed by atoms with Crippen molar-refractivity contribution in [2.24, 2.45) is 5.89 Å². The van der Waals surface area contributed by atoms with Gasteiger partial charge in [0.2, 0.25) is 11.8 Å². The van der Waals surface area contributed by atoms with Crippen LogP contribution in [0.15, 0.2) is 165 Å². The molecule has 0 radical (unpaired) electrons. The van der Waals surface area contributed by atoms with Crippen LogP contribution in [0.5, 0.6) is 0 Å². The van der Waals surface area contributed by atoms with Crippen LogP contribution >= 0.6 is 23.5 Å². The molecule has 0 spiro atoms. The molecule has 0 bridgehead atoms. The van der Waals surface area contributed by atoms with Crippen LogP contribution in [0, 0.1) is 17.5 Å². The lowest BCUT2D eigenvalue weighted by Gasteiger charge is -2.28. The Morgan fingerprint density at radius 3 is 1.51 bits per heavy atom. The largest absolute Gasteiger partial charge is 0.416 e. The molecule has 0 fully saturated rings. The number of carbonyl (C=O) groups excluding carboxylic acids is 2. The standard InChI is InChI=1S/C37H40F4N4O2S.C36H38F4N4O2S/c1-4-43(5-2)18-19-44(22-26-6-10-28(11-7-26)29-12-14-30(15-13-29)37(39,40)41)34(46)23-45-33-21-25(3)20-32(33)35(47)42-36(45)48-24-27-8-16-31(38)17-9-27;1-3-42(4-2)20-21-43(22-25-8-12-27(13-9-25)28-14-16-29(17-15-28)36(38,39)40)33(45)23-44-32-7-5-6-31(32)34(46)41-35(44)47-24-26-10-18-30(37)19-11-26/h6-17,25H,4-5,18-24H2,1-3H3;8-19H,3-7,20-24H2,1-2H3/i6D,7D,10D,11D,12D,13D,14D,15D,18D2,19D2,20D2,21D2,23D2,24D2,25D;10D,11D,18D,19D,20D2,21D2,23D2,24D2. The van der Waals surface area contributed by atoms with Crippen molar-refractivity contribution in [1.29, 1.82) is 0 Å². The maximum Gasteiger partial charge on any atom is 0.416 e. The van der Waals surface area contributed by atoms with Crippen LogP contribution in [-0.4, -0.2) is 103 Å². The Morgan fingerprint density at radius 2 is 0.989 bits per heavy atom. The normalized spacial score (nSPS) is 21.7. The Kier molecular flexibility index (Phi) is 13.5. The van der Waals surface area contributed by atoms with Gasteiger partial charge >= 0.3 is 12.4 Å². The summed E-state index contributed by atoms with van der Waals surface area (Å²) in [6, 6.07) is -2.48. The fourth-order valence-corrected chi connectivity index (χ4v) is 10.2. The molecule has 2 aromatic heterocycles. The van der Waals surface area contributed by atoms with E-state index >= 15 is 4.79 Å². The van der Waals surface area contributed by atoms with Gasteiger partial charge in [-0.25, -0.2) is 8.78 Å². The summed E-state index contributed by atoms with van der Waals surface area (Å²) in [5.74, 6) is -9.44. The number of carbonyl (C=O) groups is 2. The molecule has 12 nitrogen and oxygen atoms in total. The Labute approximate surface area is 603 Å². The Morgan fingerprint density at radius 1 is 0.537 bits per heavy atom. The SMILES string of the molecule is [2H]c1c([2H])c(-c2c([2H])c([2H])c(C(F)(F)F)c([2H])c2[2H])c([2H])c([2H])c1CN(C(=O)C([2H])([2H])n1c(SC([2H])([2H])c2ccc(F)cc2)nc(=O)c2c1C([2H])([2H])C([2H])(C)C2([2H])[2H])C([2H])([2H])C([2H])([2H])N(CC)CC.[2H]c1c([2H])c(C([2H])([2H])Sc2nc(=O)c3c(n2C([2H])([2H])C(=O)N(Cc2ccc(-c4ccc(C(F)(F)F)cc4)cc2)C([2H])([2H])C([2H])([2H])N(CC)CC)CCC3)c([2H])c([2H])c1F. The summed E-state index contributed by atoms with van der Waals surface area (Å²) in [5, 5.41) is -2.06. The zero-order valence-corrected chi connectivity index (χ0v) is 52.5. The summed E-state index contributed by atoms with van der Waals surface area (Å²) in [4.78, 5) is 66.6. The molecule has 1 atom stereocenters. The van der Waals surface area contributed by atoms with E-state index in [4.69, 9.17) is 37.0 Å². The number of alkyl halides is 6. The van der Waals surface area contributed by atoms with E-state index in [9.17, 15) is 57.7 Å². The molecule has 95 heavy (non-hydrogen) atoms. The number of amides is 2. The van der Waals surface area contributed by atoms with Gasteiger partial charge in [-0.2, -0.15) is 36.3 Å². The maximum absolute atomic E-state index is 15.3. The summed E-state index contributed by atoms with van der Waals surface area (Å²) in [6.45, 7) is -17.9. The fraction of sp³-hybridized carbons (Fsp3) is 0.370. The molecule has 0 saturated carbocycles. The lowest BCUT2D eigenvalue weighted by Crippen LogP contribution is -2.40. The van der Waals surface area contributed by atoms with Gasteiger partial charge in [-0.05, 0) is 157 Å². The molecule has 0 N–H and O–H groups in total. The minimum absolute atomic E-state index is 0.0236. The highest BCUT2D eigenvalue weighted by Gasteiger charge is 2.33. The fourth-order valence-electron chi connectivity index (χ4n) is 8.86. The van der Waals surface area contributed by atoms with Gasteiger partial charge in [-0.15, -0.1) is 0 Å². The number of thioether (sulfide) groups is 2. The molecular weight excluding hydrogens is 1270 g/mol. The van der Waals surface area contributed by atoms with Crippen LogP contribution in [0.25, 0.3) is 22.3 Å². The number of hydrogen-bond acceptors (Lipinski definition) is 10. The van der Waals surface area contributed by atoms with Gasteiger partial charge in [0.25, 0.3) is 11.1 Å². The van der Waals surface area contributed by atoms with Gasteiger partial charge in [0.15, 0.2) is 10.3 Å². The molecule has 8 aromatic rings. The minimum atomic E-state index is -5.43. The van der Waals surface area contributed by atoms with Crippen molar-refractivity contribution < 1.29 is 89.9 Å². The van der Waals surface area contributed by atoms with Crippen LogP contribution < -0.4 is 11.1 Å². The average Bonchev–Trinajstić information content (AvgIpc) is 1.50. The third-order valence-electron chi connectivity index (χ3n) is 13.8. The Bertz CT molecular complexity index is 5720. The Balaban J connectivity index is 0.000000292. The molecular formula is C73H78F8N8O4S2. The van der Waals surface area contributed by atoms with Gasteiger partial charge in [-0.1, -0.05) is 155 Å². The molecule has 2 heterocycles. The summed E-state index contributed by atoms with van der Waals surface area (Å²) >= 11 is -0.240. The third kappa shape index (κ3) is 19.2. The first kappa shape index (κ1) is 39.3. The first-order valence-corrected chi connectivity index (χ1v) is 30.5. The molecule has 10 rings (SSSR count). The monoisotopic (exact) mass is 1380 g/mol. The number of nitrogens with zero attached hydrogens (tertiary/aromatic N) is 8. The molecule has 22 heteroatoms. The number of fused-ring (bicyclic) bond motifs is 2. The average molecular weight is 1380 g/mol. The molecule has 2 aliphatic rings. The number of aromatic nitrogens is 4. The van der Waals surface area contributed by atoms with E-state index in [0.717, 1.165) is 46.2 Å². The summed E-state index contributed by atoms with van der Waals surface area (Å²) < 4.78 is 399. The van der Waals surface area contributed by atoms with E-state index in [1.165, 1.54) is 50.2 Å². The predicted molar refractivity (Wildman–Crippen MR) is 358 cm³/mol. The highest BCUT2D eigenvalue weighted by molar-refractivity contribution is 7.98. The molecule has 1 unspecified atom stereocenters. The Hall–Kier alpha value is -7.92. The molecule has 6 aromatic carbocycles. The number of halogens is 8. The van der Waals surface area contributed by atoms with E-state index < -0.39 is 257 Å². The molecule has 502 valence electrons. The first-order valence-electron chi connectivity index (χ1n) is 45.3. The summed E-state index contributed by atoms with van der Waals surface area (Å²) in [5.41, 5.74) is -18.0. The van der Waals surface area contributed by atoms with E-state index in [1.807, 2.05) is 0 Å². The topological polar surface area (TPSA) is 117 Å². The van der Waals surface area contributed by atoms with Crippen LogP contribution in [0.4, 0.5) is 35.1 Å². The quantitative estimate of drug-likeness (QED) is 0.0295. The number of likely N-dealkylation sites (N-methyl/N-ethyl adjacent to an activating group) is 2. The predicted octanol–water partition coefficient (Wildman–Crippen LogP) is 14.7. The van der Waals surface area contributed by atoms with Crippen molar-refractivity contribution in [3.05, 3.63) is 234 Å².